The molecule has 0 saturated heterocycles. The van der Waals surface area contributed by atoms with E-state index in [0.717, 1.165) is 11.3 Å². The molecule has 0 fully saturated rings. The second-order valence-corrected chi connectivity index (χ2v) is 6.42. The minimum atomic E-state index is -0.512. The Labute approximate surface area is 126 Å². The molecule has 1 heterocycles. The maximum Gasteiger partial charge on any atom is 0.351 e. The van der Waals surface area contributed by atoms with Gasteiger partial charge < -0.3 is 15.4 Å². The fraction of sp³-hybridized carbons (Fsp3) is 0.583. The van der Waals surface area contributed by atoms with E-state index in [1.165, 1.54) is 7.11 Å². The number of carbonyl (C=O) groups is 2. The topological polar surface area (TPSA) is 80.3 Å². The Morgan fingerprint density at radius 1 is 1.35 bits per heavy atom. The Bertz CT molecular complexity index is 497. The maximum absolute atomic E-state index is 11.6. The number of halogens is 1. The van der Waals surface area contributed by atoms with Crippen LogP contribution in [-0.4, -0.2) is 37.1 Å². The van der Waals surface area contributed by atoms with Gasteiger partial charge in [-0.1, -0.05) is 43.7 Å². The van der Waals surface area contributed by atoms with Crippen molar-refractivity contribution in [3.63, 3.8) is 0 Å². The van der Waals surface area contributed by atoms with Crippen LogP contribution in [-0.2, 0) is 9.53 Å². The molecule has 1 rings (SSSR count). The average molecular weight is 320 g/mol. The molecule has 1 aromatic heterocycles. The van der Waals surface area contributed by atoms with Crippen molar-refractivity contribution >= 4 is 39.9 Å². The number of carbonyl (C=O) groups excluding carboxylic acids is 2. The van der Waals surface area contributed by atoms with Crippen molar-refractivity contribution in [1.29, 1.82) is 0 Å². The van der Waals surface area contributed by atoms with Crippen molar-refractivity contribution in [2.75, 3.05) is 25.5 Å². The molecule has 0 radical (unpaired) electrons. The van der Waals surface area contributed by atoms with Crippen molar-refractivity contribution in [2.24, 2.45) is 5.41 Å². The Morgan fingerprint density at radius 2 is 2.00 bits per heavy atom. The van der Waals surface area contributed by atoms with Crippen LogP contribution in [0.15, 0.2) is 0 Å². The molecule has 6 nitrogen and oxygen atoms in total. The highest BCUT2D eigenvalue weighted by molar-refractivity contribution is 7.18. The van der Waals surface area contributed by atoms with Crippen molar-refractivity contribution in [3.8, 4) is 0 Å². The van der Waals surface area contributed by atoms with E-state index >= 15 is 0 Å². The van der Waals surface area contributed by atoms with Crippen LogP contribution in [0.1, 0.15) is 30.4 Å². The summed E-state index contributed by atoms with van der Waals surface area (Å²) in [4.78, 5) is 27.2. The van der Waals surface area contributed by atoms with Gasteiger partial charge in [0.1, 0.15) is 0 Å². The van der Waals surface area contributed by atoms with Gasteiger partial charge in [0.15, 0.2) is 15.2 Å². The molecule has 0 unspecified atom stereocenters. The second kappa shape index (κ2) is 6.90. The van der Waals surface area contributed by atoms with Crippen LogP contribution in [0.4, 0.5) is 5.13 Å². The summed E-state index contributed by atoms with van der Waals surface area (Å²) in [5, 5.41) is 6.42. The molecule has 0 saturated carbocycles. The smallest absolute Gasteiger partial charge is 0.351 e. The highest BCUT2D eigenvalue weighted by atomic mass is 35.5. The zero-order chi connectivity index (χ0) is 15.3. The van der Waals surface area contributed by atoms with E-state index in [0.29, 0.717) is 18.2 Å². The van der Waals surface area contributed by atoms with Crippen LogP contribution < -0.4 is 10.6 Å². The molecule has 0 aromatic carbocycles. The number of anilines is 1. The molecule has 0 atom stereocenters. The lowest BCUT2D eigenvalue weighted by molar-refractivity contribution is -0.128. The summed E-state index contributed by atoms with van der Waals surface area (Å²) >= 11 is 6.95. The molecule has 0 aliphatic carbocycles. The van der Waals surface area contributed by atoms with Gasteiger partial charge in [0.25, 0.3) is 0 Å². The molecule has 1 amide bonds. The molecule has 0 aliphatic heterocycles. The molecular formula is C12H18ClN3O3S. The summed E-state index contributed by atoms with van der Waals surface area (Å²) in [6.45, 7) is 6.49. The van der Waals surface area contributed by atoms with Crippen LogP contribution in [0.2, 0.25) is 5.15 Å². The van der Waals surface area contributed by atoms with Crippen LogP contribution in [0, 0.1) is 5.41 Å². The standard InChI is InChI=1S/C12H18ClN3O3S/c1-12(2,3)10(18)14-5-6-15-11-16-8(13)7(20-11)9(17)19-4/h5-6H2,1-4H3,(H,14,18)(H,15,16). The van der Waals surface area contributed by atoms with Crippen LogP contribution in [0.3, 0.4) is 0 Å². The van der Waals surface area contributed by atoms with E-state index < -0.39 is 11.4 Å². The summed E-state index contributed by atoms with van der Waals surface area (Å²) in [5.41, 5.74) is -0.414. The molecule has 112 valence electrons. The van der Waals surface area contributed by atoms with Gasteiger partial charge in [-0.05, 0) is 0 Å². The van der Waals surface area contributed by atoms with E-state index in [1.54, 1.807) is 0 Å². The molecule has 20 heavy (non-hydrogen) atoms. The highest BCUT2D eigenvalue weighted by Gasteiger charge is 2.20. The number of methoxy groups -OCH3 is 1. The van der Waals surface area contributed by atoms with Gasteiger partial charge in [-0.3, -0.25) is 4.79 Å². The average Bonchev–Trinajstić information content (AvgIpc) is 2.73. The lowest BCUT2D eigenvalue weighted by Crippen LogP contribution is -2.37. The number of nitrogens with one attached hydrogen (secondary N) is 2. The lowest BCUT2D eigenvalue weighted by atomic mass is 9.96. The number of thiazole rings is 1. The first-order valence-electron chi connectivity index (χ1n) is 6.02. The van der Waals surface area contributed by atoms with Crippen molar-refractivity contribution in [1.82, 2.24) is 10.3 Å². The first-order valence-corrected chi connectivity index (χ1v) is 7.22. The zero-order valence-electron chi connectivity index (χ0n) is 11.9. The van der Waals surface area contributed by atoms with E-state index in [4.69, 9.17) is 11.6 Å². The number of aromatic nitrogens is 1. The van der Waals surface area contributed by atoms with E-state index in [9.17, 15) is 9.59 Å². The zero-order valence-corrected chi connectivity index (χ0v) is 13.4. The minimum Gasteiger partial charge on any atom is -0.465 e. The summed E-state index contributed by atoms with van der Waals surface area (Å²) in [7, 11) is 1.29. The molecule has 0 aliphatic rings. The monoisotopic (exact) mass is 319 g/mol. The van der Waals surface area contributed by atoms with Gasteiger partial charge >= 0.3 is 5.97 Å². The number of nitrogens with zero attached hydrogens (tertiary/aromatic N) is 1. The van der Waals surface area contributed by atoms with Crippen LogP contribution >= 0.6 is 22.9 Å². The van der Waals surface area contributed by atoms with Gasteiger partial charge in [-0.15, -0.1) is 0 Å². The fourth-order valence-electron chi connectivity index (χ4n) is 1.21. The summed E-state index contributed by atoms with van der Waals surface area (Å²) in [6, 6.07) is 0. The first kappa shape index (κ1) is 16.7. The second-order valence-electron chi connectivity index (χ2n) is 5.06. The molecule has 0 spiro atoms. The minimum absolute atomic E-state index is 0.0216. The molecule has 1 aromatic rings. The van der Waals surface area contributed by atoms with Crippen molar-refractivity contribution in [2.45, 2.75) is 20.8 Å². The number of esters is 1. The fourth-order valence-corrected chi connectivity index (χ4v) is 2.33. The Hall–Kier alpha value is -1.34. The number of rotatable bonds is 5. The number of hydrogen-bond acceptors (Lipinski definition) is 6. The maximum atomic E-state index is 11.6. The molecular weight excluding hydrogens is 302 g/mol. The van der Waals surface area contributed by atoms with Gasteiger partial charge in [0, 0.05) is 18.5 Å². The largest absolute Gasteiger partial charge is 0.465 e. The summed E-state index contributed by atoms with van der Waals surface area (Å²) in [5.74, 6) is -0.534. The van der Waals surface area contributed by atoms with Crippen LogP contribution in [0.5, 0.6) is 0 Å². The van der Waals surface area contributed by atoms with E-state index in [1.807, 2.05) is 20.8 Å². The number of amides is 1. The van der Waals surface area contributed by atoms with Crippen molar-refractivity contribution < 1.29 is 14.3 Å². The molecule has 8 heteroatoms. The van der Waals surface area contributed by atoms with Gasteiger partial charge in [0.05, 0.1) is 7.11 Å². The van der Waals surface area contributed by atoms with Gasteiger partial charge in [-0.25, -0.2) is 9.78 Å². The first-order chi connectivity index (χ1) is 9.25. The predicted molar refractivity (Wildman–Crippen MR) is 79.4 cm³/mol. The normalized spacial score (nSPS) is 11.1. The Kier molecular flexibility index (Phi) is 5.76. The highest BCUT2D eigenvalue weighted by Crippen LogP contribution is 2.27. The van der Waals surface area contributed by atoms with E-state index in [2.05, 4.69) is 20.4 Å². The lowest BCUT2D eigenvalue weighted by Gasteiger charge is -2.17. The van der Waals surface area contributed by atoms with Gasteiger partial charge in [0.2, 0.25) is 5.91 Å². The quantitative estimate of drug-likeness (QED) is 0.642. The molecule has 2 N–H and O–H groups in total. The summed E-state index contributed by atoms with van der Waals surface area (Å²) in [6.07, 6.45) is 0. The molecule has 0 bridgehead atoms. The van der Waals surface area contributed by atoms with Crippen LogP contribution in [0.25, 0.3) is 0 Å². The number of ether oxygens (including phenoxy) is 1. The predicted octanol–water partition coefficient (Wildman–Crippen LogP) is 2.16. The number of hydrogen-bond donors (Lipinski definition) is 2. The Morgan fingerprint density at radius 3 is 2.55 bits per heavy atom. The third kappa shape index (κ3) is 4.64. The Balaban J connectivity index is 2.44. The third-order valence-electron chi connectivity index (χ3n) is 2.32. The van der Waals surface area contributed by atoms with Crippen molar-refractivity contribution in [3.05, 3.63) is 10.0 Å². The third-order valence-corrected chi connectivity index (χ3v) is 3.70. The van der Waals surface area contributed by atoms with Gasteiger partial charge in [-0.2, -0.15) is 0 Å². The SMILES string of the molecule is COC(=O)c1sc(NCCNC(=O)C(C)(C)C)nc1Cl. The summed E-state index contributed by atoms with van der Waals surface area (Å²) < 4.78 is 4.59. The van der Waals surface area contributed by atoms with E-state index in [-0.39, 0.29) is 15.9 Å².